The maximum atomic E-state index is 12.8. The van der Waals surface area contributed by atoms with Crippen molar-refractivity contribution in [2.45, 2.75) is 297 Å². The minimum atomic E-state index is -0.781. The van der Waals surface area contributed by atoms with E-state index in [1.807, 2.05) is 0 Å². The van der Waals surface area contributed by atoms with Crippen LogP contribution in [0.15, 0.2) is 85.1 Å². The Morgan fingerprint density at radius 2 is 0.549 bits per heavy atom. The van der Waals surface area contributed by atoms with Crippen LogP contribution < -0.4 is 0 Å². The summed E-state index contributed by atoms with van der Waals surface area (Å²) in [6, 6.07) is 0. The average Bonchev–Trinajstić information content (AvgIpc) is 3.37. The smallest absolute Gasteiger partial charge is 0.306 e. The third-order valence-electron chi connectivity index (χ3n) is 12.9. The number of ether oxygens (including phenoxy) is 3. The van der Waals surface area contributed by atoms with Crippen molar-refractivity contribution in [1.82, 2.24) is 0 Å². The molecule has 0 bridgehead atoms. The fourth-order valence-electron chi connectivity index (χ4n) is 8.42. The van der Waals surface area contributed by atoms with Crippen molar-refractivity contribution < 1.29 is 28.6 Å². The normalized spacial score (nSPS) is 12.7. The Labute approximate surface area is 439 Å². The fourth-order valence-corrected chi connectivity index (χ4v) is 8.42. The van der Waals surface area contributed by atoms with Crippen LogP contribution in [0, 0.1) is 0 Å². The molecule has 0 saturated heterocycles. The Kier molecular flexibility index (Phi) is 56.3. The minimum absolute atomic E-state index is 0.0792. The molecule has 1 atom stereocenters. The SMILES string of the molecule is CC/C=C\C/C=C\C/C=C\C/C=C\C/C=C\C/C=C\C/C=C\CCCCCCCC(=O)OCC(COC(=O)CCCCCCCCCCC)OC(=O)CCCCCCCCCCCCCCCCCCC. The maximum Gasteiger partial charge on any atom is 0.306 e. The Morgan fingerprint density at radius 1 is 0.296 bits per heavy atom. The highest BCUT2D eigenvalue weighted by Crippen LogP contribution is 2.16. The summed E-state index contributed by atoms with van der Waals surface area (Å²) >= 11 is 0. The summed E-state index contributed by atoms with van der Waals surface area (Å²) in [5, 5.41) is 0. The van der Waals surface area contributed by atoms with Crippen LogP contribution in [0.1, 0.15) is 290 Å². The topological polar surface area (TPSA) is 78.9 Å². The van der Waals surface area contributed by atoms with E-state index in [4.69, 9.17) is 14.2 Å². The highest BCUT2D eigenvalue weighted by atomic mass is 16.6. The zero-order valence-corrected chi connectivity index (χ0v) is 46.7. The molecule has 1 unspecified atom stereocenters. The Morgan fingerprint density at radius 3 is 0.859 bits per heavy atom. The van der Waals surface area contributed by atoms with Crippen molar-refractivity contribution in [1.29, 1.82) is 0 Å². The van der Waals surface area contributed by atoms with Crippen LogP contribution in [0.2, 0.25) is 0 Å². The summed E-state index contributed by atoms with van der Waals surface area (Å²) in [4.78, 5) is 38.1. The van der Waals surface area contributed by atoms with Gasteiger partial charge in [-0.05, 0) is 77.0 Å². The number of esters is 3. The van der Waals surface area contributed by atoms with Gasteiger partial charge in [-0.3, -0.25) is 14.4 Å². The van der Waals surface area contributed by atoms with E-state index in [9.17, 15) is 14.4 Å². The Bertz CT molecular complexity index is 1370. The van der Waals surface area contributed by atoms with E-state index in [-0.39, 0.29) is 31.1 Å². The highest BCUT2D eigenvalue weighted by Gasteiger charge is 2.19. The van der Waals surface area contributed by atoms with Crippen LogP contribution in [-0.4, -0.2) is 37.2 Å². The Hall–Kier alpha value is -3.41. The second-order valence-electron chi connectivity index (χ2n) is 19.9. The lowest BCUT2D eigenvalue weighted by molar-refractivity contribution is -0.167. The molecule has 0 saturated carbocycles. The van der Waals surface area contributed by atoms with Crippen molar-refractivity contribution in [2.24, 2.45) is 0 Å². The van der Waals surface area contributed by atoms with Crippen molar-refractivity contribution in [3.63, 3.8) is 0 Å². The number of hydrogen-bond donors (Lipinski definition) is 0. The number of carbonyl (C=O) groups is 3. The molecule has 0 N–H and O–H groups in total. The lowest BCUT2D eigenvalue weighted by Crippen LogP contribution is -2.30. The molecule has 0 aromatic heterocycles. The molecule has 6 heteroatoms. The second kappa shape index (κ2) is 59.2. The quantitative estimate of drug-likeness (QED) is 0.0261. The number of carbonyl (C=O) groups excluding carboxylic acids is 3. The van der Waals surface area contributed by atoms with Crippen molar-refractivity contribution in [3.05, 3.63) is 85.1 Å². The molecular formula is C65H112O6. The average molecular weight is 990 g/mol. The van der Waals surface area contributed by atoms with Crippen molar-refractivity contribution >= 4 is 17.9 Å². The summed E-state index contributed by atoms with van der Waals surface area (Å²) in [5.74, 6) is -0.892. The fraction of sp³-hybridized carbons (Fsp3) is 0.738. The summed E-state index contributed by atoms with van der Waals surface area (Å²) in [5.41, 5.74) is 0. The summed E-state index contributed by atoms with van der Waals surface area (Å²) in [6.07, 6.45) is 77.3. The first-order valence-corrected chi connectivity index (χ1v) is 30.1. The third-order valence-corrected chi connectivity index (χ3v) is 12.9. The molecule has 0 heterocycles. The molecule has 0 radical (unpaired) electrons. The van der Waals surface area contributed by atoms with Gasteiger partial charge in [0.15, 0.2) is 6.10 Å². The molecule has 0 aliphatic rings. The van der Waals surface area contributed by atoms with Gasteiger partial charge in [0.05, 0.1) is 0 Å². The van der Waals surface area contributed by atoms with Gasteiger partial charge in [-0.1, -0.05) is 279 Å². The van der Waals surface area contributed by atoms with Gasteiger partial charge in [-0.15, -0.1) is 0 Å². The standard InChI is InChI=1S/C65H112O6/c1-4-7-10-13-16-19-21-23-25-27-28-29-30-31-32-33-34-35-36-38-39-41-43-46-49-52-55-58-64(67)70-61-62(60-69-63(66)57-54-51-48-45-18-15-12-9-6-3)71-65(68)59-56-53-50-47-44-42-40-37-26-24-22-20-17-14-11-8-5-2/h7,10,16,19,23,25,28-29,31-32,34-35,38-39,62H,4-6,8-9,11-15,17-18,20-22,24,26-27,30,33,36-37,40-61H2,1-3H3/b10-7-,19-16-,25-23-,29-28-,32-31-,35-34-,39-38-. The third kappa shape index (κ3) is 57.4. The van der Waals surface area contributed by atoms with Crippen LogP contribution in [0.5, 0.6) is 0 Å². The summed E-state index contributed by atoms with van der Waals surface area (Å²) in [7, 11) is 0. The summed E-state index contributed by atoms with van der Waals surface area (Å²) in [6.45, 7) is 6.51. The molecule has 0 fully saturated rings. The van der Waals surface area contributed by atoms with Gasteiger partial charge in [-0.25, -0.2) is 0 Å². The van der Waals surface area contributed by atoms with Gasteiger partial charge in [-0.2, -0.15) is 0 Å². The molecule has 71 heavy (non-hydrogen) atoms. The number of rotatable bonds is 54. The summed E-state index contributed by atoms with van der Waals surface area (Å²) < 4.78 is 16.8. The number of hydrogen-bond acceptors (Lipinski definition) is 6. The number of unbranched alkanes of at least 4 members (excludes halogenated alkanes) is 29. The zero-order chi connectivity index (χ0) is 51.4. The number of allylic oxidation sites excluding steroid dienone is 14. The van der Waals surface area contributed by atoms with E-state index >= 15 is 0 Å². The van der Waals surface area contributed by atoms with Crippen LogP contribution >= 0.6 is 0 Å². The molecule has 0 spiro atoms. The highest BCUT2D eigenvalue weighted by molar-refractivity contribution is 5.71. The monoisotopic (exact) mass is 989 g/mol. The minimum Gasteiger partial charge on any atom is -0.462 e. The predicted octanol–water partition coefficient (Wildman–Crippen LogP) is 20.3. The van der Waals surface area contributed by atoms with E-state index in [0.29, 0.717) is 19.3 Å². The second-order valence-corrected chi connectivity index (χ2v) is 19.9. The molecule has 0 aromatic carbocycles. The molecule has 0 aromatic rings. The van der Waals surface area contributed by atoms with Crippen LogP contribution in [0.25, 0.3) is 0 Å². The molecular weight excluding hydrogens is 877 g/mol. The van der Waals surface area contributed by atoms with Crippen molar-refractivity contribution in [2.75, 3.05) is 13.2 Å². The first-order chi connectivity index (χ1) is 35.0. The van der Waals surface area contributed by atoms with Crippen molar-refractivity contribution in [3.8, 4) is 0 Å². The van der Waals surface area contributed by atoms with Gasteiger partial charge in [0.2, 0.25) is 0 Å². The van der Waals surface area contributed by atoms with E-state index in [1.54, 1.807) is 0 Å². The van der Waals surface area contributed by atoms with Gasteiger partial charge in [0.1, 0.15) is 13.2 Å². The van der Waals surface area contributed by atoms with Crippen LogP contribution in [-0.2, 0) is 28.6 Å². The predicted molar refractivity (Wildman–Crippen MR) is 307 cm³/mol. The van der Waals surface area contributed by atoms with Gasteiger partial charge < -0.3 is 14.2 Å². The van der Waals surface area contributed by atoms with Crippen LogP contribution in [0.3, 0.4) is 0 Å². The first kappa shape index (κ1) is 67.6. The lowest BCUT2D eigenvalue weighted by Gasteiger charge is -2.18. The molecule has 0 aliphatic carbocycles. The van der Waals surface area contributed by atoms with Gasteiger partial charge in [0.25, 0.3) is 0 Å². The Balaban J connectivity index is 4.27. The maximum absolute atomic E-state index is 12.8. The molecule has 0 rings (SSSR count). The zero-order valence-electron chi connectivity index (χ0n) is 46.7. The lowest BCUT2D eigenvalue weighted by atomic mass is 10.0. The van der Waals surface area contributed by atoms with E-state index in [1.165, 1.54) is 128 Å². The molecule has 0 amide bonds. The molecule has 6 nitrogen and oxygen atoms in total. The first-order valence-electron chi connectivity index (χ1n) is 30.1. The van der Waals surface area contributed by atoms with E-state index in [0.717, 1.165) is 122 Å². The van der Waals surface area contributed by atoms with Gasteiger partial charge >= 0.3 is 17.9 Å². The van der Waals surface area contributed by atoms with E-state index in [2.05, 4.69) is 106 Å². The largest absolute Gasteiger partial charge is 0.462 e. The molecule has 408 valence electrons. The molecule has 0 aliphatic heterocycles. The van der Waals surface area contributed by atoms with Crippen LogP contribution in [0.4, 0.5) is 0 Å². The van der Waals surface area contributed by atoms with E-state index < -0.39 is 6.10 Å². The van der Waals surface area contributed by atoms with Gasteiger partial charge in [0, 0.05) is 19.3 Å².